The second-order valence-corrected chi connectivity index (χ2v) is 8.45. The molecule has 1 aliphatic heterocycles. The molecule has 24 heavy (non-hydrogen) atoms. The van der Waals surface area contributed by atoms with Crippen LogP contribution in [-0.2, 0) is 0 Å². The molecule has 0 aliphatic carbocycles. The van der Waals surface area contributed by atoms with Gasteiger partial charge in [-0.2, -0.15) is 24.9 Å². The predicted molar refractivity (Wildman–Crippen MR) is 96.8 cm³/mol. The Morgan fingerprint density at radius 1 is 1.21 bits per heavy atom. The first kappa shape index (κ1) is 21.4. The van der Waals surface area contributed by atoms with Gasteiger partial charge in [-0.25, -0.2) is 0 Å². The number of aliphatic imine (C=N–C) groups is 1. The number of halogens is 3. The van der Waals surface area contributed by atoms with Crippen LogP contribution >= 0.6 is 11.8 Å². The summed E-state index contributed by atoms with van der Waals surface area (Å²) in [6, 6.07) is 0. The van der Waals surface area contributed by atoms with Crippen LogP contribution in [0.3, 0.4) is 0 Å². The van der Waals surface area contributed by atoms with E-state index in [1.807, 2.05) is 0 Å². The molecule has 4 nitrogen and oxygen atoms in total. The third-order valence-electron chi connectivity index (χ3n) is 4.41. The molecule has 1 saturated heterocycles. The first-order valence-corrected chi connectivity index (χ1v) is 9.66. The molecule has 2 N–H and O–H groups in total. The number of nitrogens with zero attached hydrogens (tertiary/aromatic N) is 2. The monoisotopic (exact) mass is 368 g/mol. The van der Waals surface area contributed by atoms with Gasteiger partial charge in [0.15, 0.2) is 5.96 Å². The third kappa shape index (κ3) is 9.01. The zero-order valence-electron chi connectivity index (χ0n) is 15.2. The summed E-state index contributed by atoms with van der Waals surface area (Å²) in [4.78, 5) is 5.72. The quantitative estimate of drug-likeness (QED) is 0.535. The molecule has 0 bridgehead atoms. The minimum atomic E-state index is -4.09. The van der Waals surface area contributed by atoms with E-state index in [0.29, 0.717) is 19.0 Å². The lowest BCUT2D eigenvalue weighted by Crippen LogP contribution is -2.44. The largest absolute Gasteiger partial charge is 0.401 e. The van der Waals surface area contributed by atoms with Gasteiger partial charge in [0, 0.05) is 24.9 Å². The van der Waals surface area contributed by atoms with Crippen LogP contribution in [0, 0.1) is 5.92 Å². The van der Waals surface area contributed by atoms with Crippen LogP contribution in [0.2, 0.25) is 0 Å². The molecule has 8 heteroatoms. The van der Waals surface area contributed by atoms with Gasteiger partial charge < -0.3 is 10.6 Å². The van der Waals surface area contributed by atoms with Crippen LogP contribution in [0.1, 0.15) is 33.1 Å². The molecule has 0 amide bonds. The van der Waals surface area contributed by atoms with E-state index in [1.54, 1.807) is 18.8 Å². The SMILES string of the molecule is CN=C(NCCC1CCN(CC(F)(F)F)CC1)NCC(C)(C)SC. The van der Waals surface area contributed by atoms with Gasteiger partial charge in [0.25, 0.3) is 0 Å². The molecule has 1 aliphatic rings. The highest BCUT2D eigenvalue weighted by atomic mass is 32.2. The van der Waals surface area contributed by atoms with Crippen molar-refractivity contribution >= 4 is 17.7 Å². The Labute approximate surface area is 148 Å². The van der Waals surface area contributed by atoms with Crippen molar-refractivity contribution in [3.63, 3.8) is 0 Å². The van der Waals surface area contributed by atoms with Crippen molar-refractivity contribution in [1.82, 2.24) is 15.5 Å². The molecule has 0 atom stereocenters. The molecule has 1 fully saturated rings. The summed E-state index contributed by atoms with van der Waals surface area (Å²) < 4.78 is 37.3. The summed E-state index contributed by atoms with van der Waals surface area (Å²) in [5, 5.41) is 6.61. The van der Waals surface area contributed by atoms with Gasteiger partial charge in [0.1, 0.15) is 0 Å². The second kappa shape index (κ2) is 9.75. The molecule has 0 saturated carbocycles. The number of thioether (sulfide) groups is 1. The number of likely N-dealkylation sites (tertiary alicyclic amines) is 1. The average molecular weight is 369 g/mol. The number of hydrogen-bond acceptors (Lipinski definition) is 3. The molecule has 0 unspecified atom stereocenters. The van der Waals surface area contributed by atoms with Gasteiger partial charge in [-0.1, -0.05) is 0 Å². The van der Waals surface area contributed by atoms with Gasteiger partial charge in [-0.05, 0) is 58.4 Å². The van der Waals surface area contributed by atoms with Gasteiger partial charge in [-0.15, -0.1) is 0 Å². The van der Waals surface area contributed by atoms with Crippen molar-refractivity contribution in [2.45, 2.75) is 44.0 Å². The normalized spacial score (nSPS) is 18.7. The number of piperidine rings is 1. The van der Waals surface area contributed by atoms with Crippen LogP contribution in [0.5, 0.6) is 0 Å². The van der Waals surface area contributed by atoms with Gasteiger partial charge in [-0.3, -0.25) is 9.89 Å². The molecule has 1 rings (SSSR count). The first-order valence-electron chi connectivity index (χ1n) is 8.44. The molecule has 0 spiro atoms. The van der Waals surface area contributed by atoms with E-state index in [2.05, 4.69) is 35.7 Å². The second-order valence-electron chi connectivity index (χ2n) is 6.94. The lowest BCUT2D eigenvalue weighted by molar-refractivity contribution is -0.148. The molecule has 0 radical (unpaired) electrons. The van der Waals surface area contributed by atoms with E-state index >= 15 is 0 Å². The fourth-order valence-corrected chi connectivity index (χ4v) is 2.89. The standard InChI is InChI=1S/C16H31F3N4S/c1-15(2,24-4)11-22-14(20-3)21-8-5-13-6-9-23(10-7-13)12-16(17,18)19/h13H,5-12H2,1-4H3,(H2,20,21,22). The molecule has 1 heterocycles. The highest BCUT2D eigenvalue weighted by molar-refractivity contribution is 7.99. The summed E-state index contributed by atoms with van der Waals surface area (Å²) in [7, 11) is 1.75. The Bertz CT molecular complexity index is 391. The van der Waals surface area contributed by atoms with E-state index in [1.165, 1.54) is 4.90 Å². The Hall–Kier alpha value is -0.630. The fourth-order valence-electron chi connectivity index (χ4n) is 2.67. The summed E-state index contributed by atoms with van der Waals surface area (Å²) in [6.45, 7) is 6.27. The maximum absolute atomic E-state index is 12.4. The number of rotatable bonds is 7. The first-order chi connectivity index (χ1) is 11.1. The number of nitrogens with one attached hydrogen (secondary N) is 2. The Morgan fingerprint density at radius 2 is 1.83 bits per heavy atom. The van der Waals surface area contributed by atoms with Crippen LogP contribution in [0.4, 0.5) is 13.2 Å². The van der Waals surface area contributed by atoms with E-state index < -0.39 is 12.7 Å². The van der Waals surface area contributed by atoms with Crippen LogP contribution in [0.15, 0.2) is 4.99 Å². The summed E-state index contributed by atoms with van der Waals surface area (Å²) in [6.07, 6.45) is 0.638. The maximum atomic E-state index is 12.4. The van der Waals surface area contributed by atoms with Crippen LogP contribution in [-0.4, -0.2) is 67.8 Å². The lowest BCUT2D eigenvalue weighted by Gasteiger charge is -2.32. The minimum Gasteiger partial charge on any atom is -0.356 e. The van der Waals surface area contributed by atoms with Crippen molar-refractivity contribution < 1.29 is 13.2 Å². The Balaban J connectivity index is 2.21. The van der Waals surface area contributed by atoms with Crippen molar-refractivity contribution in [2.75, 3.05) is 46.0 Å². The number of guanidine groups is 1. The Kier molecular flexibility index (Phi) is 8.70. The average Bonchev–Trinajstić information content (AvgIpc) is 2.51. The number of alkyl halides is 3. The number of hydrogen-bond donors (Lipinski definition) is 2. The molecule has 0 aromatic rings. The van der Waals surface area contributed by atoms with Crippen molar-refractivity contribution in [2.24, 2.45) is 10.9 Å². The highest BCUT2D eigenvalue weighted by Crippen LogP contribution is 2.24. The van der Waals surface area contributed by atoms with Crippen molar-refractivity contribution in [3.05, 3.63) is 0 Å². The van der Waals surface area contributed by atoms with Gasteiger partial charge in [0.2, 0.25) is 0 Å². The fraction of sp³-hybridized carbons (Fsp3) is 0.938. The van der Waals surface area contributed by atoms with E-state index in [-0.39, 0.29) is 4.75 Å². The van der Waals surface area contributed by atoms with E-state index in [9.17, 15) is 13.2 Å². The summed E-state index contributed by atoms with van der Waals surface area (Å²) in [5.41, 5.74) is 0. The molecule has 0 aromatic heterocycles. The van der Waals surface area contributed by atoms with Gasteiger partial charge in [0.05, 0.1) is 6.54 Å². The lowest BCUT2D eigenvalue weighted by atomic mass is 9.93. The summed E-state index contributed by atoms with van der Waals surface area (Å²) >= 11 is 1.80. The summed E-state index contributed by atoms with van der Waals surface area (Å²) in [5.74, 6) is 1.27. The highest BCUT2D eigenvalue weighted by Gasteiger charge is 2.32. The molecular formula is C16H31F3N4S. The maximum Gasteiger partial charge on any atom is 0.401 e. The third-order valence-corrected chi connectivity index (χ3v) is 5.66. The minimum absolute atomic E-state index is 0.142. The van der Waals surface area contributed by atoms with Crippen LogP contribution in [0.25, 0.3) is 0 Å². The zero-order valence-corrected chi connectivity index (χ0v) is 16.0. The van der Waals surface area contributed by atoms with Gasteiger partial charge >= 0.3 is 6.18 Å². The van der Waals surface area contributed by atoms with Crippen molar-refractivity contribution in [1.29, 1.82) is 0 Å². The van der Waals surface area contributed by atoms with E-state index in [4.69, 9.17) is 0 Å². The molecular weight excluding hydrogens is 337 g/mol. The van der Waals surface area contributed by atoms with Crippen LogP contribution < -0.4 is 10.6 Å². The Morgan fingerprint density at radius 3 is 2.33 bits per heavy atom. The molecule has 142 valence electrons. The smallest absolute Gasteiger partial charge is 0.356 e. The van der Waals surface area contributed by atoms with Crippen molar-refractivity contribution in [3.8, 4) is 0 Å². The zero-order chi connectivity index (χ0) is 18.2. The topological polar surface area (TPSA) is 39.7 Å². The predicted octanol–water partition coefficient (Wildman–Crippen LogP) is 2.96. The van der Waals surface area contributed by atoms with E-state index in [0.717, 1.165) is 38.3 Å². The molecule has 0 aromatic carbocycles.